The number of hydrogen-bond donors (Lipinski definition) is 0. The fourth-order valence-electron chi connectivity index (χ4n) is 6.01. The molecule has 14 heteroatoms. The molecule has 0 bridgehead atoms. The van der Waals surface area contributed by atoms with Gasteiger partial charge in [0, 0.05) is 37.9 Å². The molecule has 0 spiro atoms. The lowest BCUT2D eigenvalue weighted by Gasteiger charge is -2.37. The zero-order chi connectivity index (χ0) is 34.8. The van der Waals surface area contributed by atoms with Crippen molar-refractivity contribution in [3.8, 4) is 23.6 Å². The lowest BCUT2D eigenvalue weighted by molar-refractivity contribution is -0.132. The molecule has 3 aromatic carbocycles. The molecular formula is C35H30N6O7S. The van der Waals surface area contributed by atoms with Gasteiger partial charge in [0.1, 0.15) is 28.3 Å². The van der Waals surface area contributed by atoms with Crippen molar-refractivity contribution >= 4 is 33.5 Å². The summed E-state index contributed by atoms with van der Waals surface area (Å²) < 4.78 is 47.0. The molecule has 248 valence electrons. The summed E-state index contributed by atoms with van der Waals surface area (Å²) in [6.45, 7) is 3.05. The lowest BCUT2D eigenvalue weighted by atomic mass is 9.85. The second-order valence-electron chi connectivity index (χ2n) is 11.0. The van der Waals surface area contributed by atoms with Crippen molar-refractivity contribution in [2.45, 2.75) is 17.4 Å². The van der Waals surface area contributed by atoms with Crippen LogP contribution in [0.1, 0.15) is 29.2 Å². The third kappa shape index (κ3) is 5.62. The van der Waals surface area contributed by atoms with Crippen molar-refractivity contribution < 1.29 is 32.2 Å². The average Bonchev–Trinajstić information content (AvgIpc) is 3.39. The number of fused-ring (bicyclic) bond motifs is 1. The number of hydrogen-bond acceptors (Lipinski definition) is 11. The number of ether oxygens (including phenoxy) is 3. The largest absolute Gasteiger partial charge is 0.495 e. The van der Waals surface area contributed by atoms with E-state index in [9.17, 15) is 18.5 Å². The van der Waals surface area contributed by atoms with Crippen molar-refractivity contribution in [3.63, 3.8) is 0 Å². The van der Waals surface area contributed by atoms with Gasteiger partial charge in [0.25, 0.3) is 15.9 Å². The molecule has 0 aliphatic carbocycles. The Labute approximate surface area is 283 Å². The number of rotatable bonds is 8. The number of piperazine rings is 1. The molecule has 2 aliphatic rings. The first-order valence-electron chi connectivity index (χ1n) is 15.3. The van der Waals surface area contributed by atoms with E-state index in [-0.39, 0.29) is 58.5 Å². The van der Waals surface area contributed by atoms with Crippen LogP contribution in [0, 0.1) is 22.7 Å². The van der Waals surface area contributed by atoms with Gasteiger partial charge in [-0.25, -0.2) is 18.2 Å². The minimum absolute atomic E-state index is 0.00401. The highest BCUT2D eigenvalue weighted by atomic mass is 32.2. The highest BCUT2D eigenvalue weighted by molar-refractivity contribution is 7.93. The number of pyridine rings is 1. The van der Waals surface area contributed by atoms with Crippen LogP contribution in [-0.4, -0.2) is 70.2 Å². The molecular weight excluding hydrogens is 648 g/mol. The third-order valence-electron chi connectivity index (χ3n) is 8.34. The zero-order valence-electron chi connectivity index (χ0n) is 26.6. The molecule has 1 aromatic heterocycles. The molecule has 13 nitrogen and oxygen atoms in total. The molecule has 3 heterocycles. The minimum Gasteiger partial charge on any atom is -0.495 e. The van der Waals surface area contributed by atoms with E-state index in [2.05, 4.69) is 4.98 Å². The molecule has 0 N–H and O–H groups in total. The molecule has 6 rings (SSSR count). The van der Waals surface area contributed by atoms with Gasteiger partial charge in [-0.3, -0.25) is 4.79 Å². The molecule has 1 unspecified atom stereocenters. The van der Waals surface area contributed by atoms with E-state index in [1.54, 1.807) is 43.3 Å². The van der Waals surface area contributed by atoms with Gasteiger partial charge in [-0.1, -0.05) is 30.3 Å². The van der Waals surface area contributed by atoms with Crippen molar-refractivity contribution in [2.24, 2.45) is 0 Å². The maximum atomic E-state index is 15.0. The van der Waals surface area contributed by atoms with Gasteiger partial charge >= 0.3 is 6.09 Å². The summed E-state index contributed by atoms with van der Waals surface area (Å²) in [5.74, 6) is -0.267. The van der Waals surface area contributed by atoms with Gasteiger partial charge in [-0.15, -0.1) is 0 Å². The molecule has 49 heavy (non-hydrogen) atoms. The topological polar surface area (TPSA) is 166 Å². The Bertz CT molecular complexity index is 2120. The summed E-state index contributed by atoms with van der Waals surface area (Å²) in [4.78, 5) is 36.6. The fourth-order valence-corrected chi connectivity index (χ4v) is 7.62. The Balaban J connectivity index is 1.46. The van der Waals surface area contributed by atoms with Gasteiger partial charge < -0.3 is 24.0 Å². The van der Waals surface area contributed by atoms with Gasteiger partial charge in [-0.2, -0.15) is 14.8 Å². The number of amides is 2. The van der Waals surface area contributed by atoms with Crippen LogP contribution < -0.4 is 18.7 Å². The van der Waals surface area contributed by atoms with Crippen molar-refractivity contribution in [2.75, 3.05) is 49.1 Å². The molecule has 2 amide bonds. The van der Waals surface area contributed by atoms with Crippen LogP contribution >= 0.6 is 0 Å². The number of methoxy groups -OCH3 is 1. The number of nitriles is 2. The van der Waals surface area contributed by atoms with E-state index in [4.69, 9.17) is 19.5 Å². The number of sulfonamides is 1. The SMILES string of the molecule is CCOc1ccccc1C1(OC(=O)N2CCN(c3ccc(C#N)cn3)CC2)C(=O)N(S(=O)(=O)c2ccccc2OC)c2ccc(C#N)cc21. The monoisotopic (exact) mass is 678 g/mol. The molecule has 1 fully saturated rings. The highest BCUT2D eigenvalue weighted by Gasteiger charge is 2.61. The van der Waals surface area contributed by atoms with Crippen LogP contribution in [0.2, 0.25) is 0 Å². The third-order valence-corrected chi connectivity index (χ3v) is 10.1. The first-order valence-corrected chi connectivity index (χ1v) is 16.7. The summed E-state index contributed by atoms with van der Waals surface area (Å²) in [6, 6.07) is 23.8. The number of carbonyl (C=O) groups is 2. The smallest absolute Gasteiger partial charge is 0.411 e. The van der Waals surface area contributed by atoms with Crippen molar-refractivity contribution in [3.05, 3.63) is 107 Å². The summed E-state index contributed by atoms with van der Waals surface area (Å²) >= 11 is 0. The van der Waals surface area contributed by atoms with Crippen LogP contribution in [0.3, 0.4) is 0 Å². The van der Waals surface area contributed by atoms with Gasteiger partial charge in [0.2, 0.25) is 5.60 Å². The van der Waals surface area contributed by atoms with E-state index >= 15 is 4.79 Å². The Morgan fingerprint density at radius 2 is 1.57 bits per heavy atom. The quantitative estimate of drug-likeness (QED) is 0.263. The minimum atomic E-state index is -4.68. The number of nitrogens with zero attached hydrogens (tertiary/aromatic N) is 6. The Kier molecular flexibility index (Phi) is 8.82. The second kappa shape index (κ2) is 13.2. The van der Waals surface area contributed by atoms with Gasteiger partial charge in [-0.05, 0) is 55.5 Å². The van der Waals surface area contributed by atoms with E-state index < -0.39 is 27.6 Å². The molecule has 0 saturated carbocycles. The van der Waals surface area contributed by atoms with Gasteiger partial charge in [0.05, 0.1) is 42.2 Å². The predicted molar refractivity (Wildman–Crippen MR) is 176 cm³/mol. The Morgan fingerprint density at radius 1 is 0.898 bits per heavy atom. The normalized spacial score (nSPS) is 17.1. The number of aromatic nitrogens is 1. The van der Waals surface area contributed by atoms with E-state index in [0.29, 0.717) is 28.8 Å². The predicted octanol–water partition coefficient (Wildman–Crippen LogP) is 4.17. The maximum Gasteiger partial charge on any atom is 0.411 e. The second-order valence-corrected chi connectivity index (χ2v) is 12.8. The summed E-state index contributed by atoms with van der Waals surface area (Å²) in [7, 11) is -3.36. The van der Waals surface area contributed by atoms with Crippen LogP contribution in [0.15, 0.2) is 90.0 Å². The van der Waals surface area contributed by atoms with E-state index in [1.165, 1.54) is 60.7 Å². The number of benzene rings is 3. The van der Waals surface area contributed by atoms with Crippen LogP contribution in [0.4, 0.5) is 16.3 Å². The molecule has 4 aromatic rings. The lowest BCUT2D eigenvalue weighted by Crippen LogP contribution is -2.53. The average molecular weight is 679 g/mol. The highest BCUT2D eigenvalue weighted by Crippen LogP contribution is 2.52. The van der Waals surface area contributed by atoms with Crippen LogP contribution in [0.5, 0.6) is 11.5 Å². The number of carbonyl (C=O) groups excluding carboxylic acids is 2. The van der Waals surface area contributed by atoms with Gasteiger partial charge in [0.15, 0.2) is 0 Å². The number of anilines is 2. The summed E-state index contributed by atoms with van der Waals surface area (Å²) in [6.07, 6.45) is 0.593. The first-order chi connectivity index (χ1) is 23.7. The van der Waals surface area contributed by atoms with Crippen molar-refractivity contribution in [1.82, 2.24) is 9.88 Å². The Morgan fingerprint density at radius 3 is 2.22 bits per heavy atom. The fraction of sp³-hybridized carbons (Fsp3) is 0.229. The number of para-hydroxylation sites is 2. The summed E-state index contributed by atoms with van der Waals surface area (Å²) in [5, 5.41) is 19.0. The zero-order valence-corrected chi connectivity index (χ0v) is 27.4. The summed E-state index contributed by atoms with van der Waals surface area (Å²) in [5.41, 5.74) is -1.86. The first kappa shape index (κ1) is 32.8. The molecule has 2 aliphatic heterocycles. The van der Waals surface area contributed by atoms with Crippen LogP contribution in [-0.2, 0) is 25.2 Å². The molecule has 0 radical (unpaired) electrons. The molecule has 1 atom stereocenters. The Hall–Kier alpha value is -6.12. The molecule has 1 saturated heterocycles. The van der Waals surface area contributed by atoms with Crippen molar-refractivity contribution in [1.29, 1.82) is 10.5 Å². The van der Waals surface area contributed by atoms with E-state index in [1.807, 2.05) is 17.0 Å². The van der Waals surface area contributed by atoms with E-state index in [0.717, 1.165) is 0 Å². The standard InChI is InChI=1S/C35H30N6O7S/c1-3-47-29-9-5-4-8-26(29)35(48-34(43)40-18-16-39(17-19-40)32-15-13-25(22-37)23-38-32)27-20-24(21-36)12-14-28(27)41(33(35)42)49(44,45)31-11-7-6-10-30(31)46-2/h4-15,20,23H,3,16-19H2,1-2H3. The maximum absolute atomic E-state index is 15.0. The van der Waals surface area contributed by atoms with Crippen LogP contribution in [0.25, 0.3) is 0 Å².